The highest BCUT2D eigenvalue weighted by atomic mass is 32.2. The van der Waals surface area contributed by atoms with Crippen LogP contribution in [0.5, 0.6) is 0 Å². The van der Waals surface area contributed by atoms with E-state index in [4.69, 9.17) is 5.53 Å². The van der Waals surface area contributed by atoms with Crippen molar-refractivity contribution in [3.63, 3.8) is 0 Å². The van der Waals surface area contributed by atoms with Gasteiger partial charge in [-0.1, -0.05) is 36.0 Å². The number of ether oxygens (including phenoxy) is 1. The summed E-state index contributed by atoms with van der Waals surface area (Å²) >= 11 is 1.56. The van der Waals surface area contributed by atoms with Gasteiger partial charge in [-0.15, -0.1) is 0 Å². The average Bonchev–Trinajstić information content (AvgIpc) is 2.49. The highest BCUT2D eigenvalue weighted by molar-refractivity contribution is 7.99. The van der Waals surface area contributed by atoms with Gasteiger partial charge in [0, 0.05) is 9.79 Å². The Bertz CT molecular complexity index is 665. The Hall–Kier alpha value is -2.36. The first-order valence-corrected chi connectivity index (χ1v) is 6.70. The van der Waals surface area contributed by atoms with Crippen LogP contribution in [0.1, 0.15) is 5.56 Å². The van der Waals surface area contributed by atoms with E-state index in [1.54, 1.807) is 30.0 Å². The van der Waals surface area contributed by atoms with Gasteiger partial charge in [0.15, 0.2) is 0 Å². The number of benzene rings is 2. The number of hydrogen-bond acceptors (Lipinski definition) is 3. The van der Waals surface area contributed by atoms with Crippen LogP contribution in [-0.4, -0.2) is 23.6 Å². The molecule has 0 N–H and O–H groups in total. The zero-order valence-corrected chi connectivity index (χ0v) is 11.6. The third kappa shape index (κ3) is 3.35. The molecule has 0 amide bonds. The molecule has 0 saturated heterocycles. The van der Waals surface area contributed by atoms with Gasteiger partial charge in [-0.25, -0.2) is 4.79 Å². The molecule has 2 aromatic carbocycles. The van der Waals surface area contributed by atoms with Gasteiger partial charge in [-0.3, -0.25) is 0 Å². The van der Waals surface area contributed by atoms with Gasteiger partial charge in [0.25, 0.3) is 0 Å². The molecule has 0 saturated carbocycles. The van der Waals surface area contributed by atoms with Crippen LogP contribution in [0.4, 0.5) is 0 Å². The van der Waals surface area contributed by atoms with Crippen LogP contribution in [0.25, 0.3) is 5.53 Å². The highest BCUT2D eigenvalue weighted by Crippen LogP contribution is 2.27. The standard InChI is InChI=1S/C15H12N2O2S/c1-19-15(18)14(17-16)11-6-5-9-13(10-11)20-12-7-3-2-4-8-12/h2-10H,1H3. The largest absolute Gasteiger partial charge is 0.460 e. The minimum absolute atomic E-state index is 0.108. The Morgan fingerprint density at radius 2 is 1.80 bits per heavy atom. The summed E-state index contributed by atoms with van der Waals surface area (Å²) in [6.45, 7) is 0. The Morgan fingerprint density at radius 1 is 1.10 bits per heavy atom. The van der Waals surface area contributed by atoms with Crippen molar-refractivity contribution in [2.24, 2.45) is 0 Å². The number of nitrogens with zero attached hydrogens (tertiary/aromatic N) is 2. The first-order valence-electron chi connectivity index (χ1n) is 5.88. The van der Waals surface area contributed by atoms with Crippen LogP contribution < -0.4 is 0 Å². The summed E-state index contributed by atoms with van der Waals surface area (Å²) in [6.07, 6.45) is 0. The Balaban J connectivity index is 2.28. The fourth-order valence-corrected chi connectivity index (χ4v) is 2.54. The zero-order valence-electron chi connectivity index (χ0n) is 10.8. The van der Waals surface area contributed by atoms with E-state index < -0.39 is 5.97 Å². The van der Waals surface area contributed by atoms with E-state index in [0.717, 1.165) is 9.79 Å². The molecule has 5 heteroatoms. The van der Waals surface area contributed by atoms with Crippen LogP contribution >= 0.6 is 11.8 Å². The van der Waals surface area contributed by atoms with E-state index in [1.807, 2.05) is 36.4 Å². The van der Waals surface area contributed by atoms with Crippen LogP contribution in [0.3, 0.4) is 0 Å². The molecule has 0 aliphatic rings. The molecule has 0 bridgehead atoms. The summed E-state index contributed by atoms with van der Waals surface area (Å²) in [5.41, 5.74) is 9.35. The molecule has 0 spiro atoms. The number of esters is 1. The fraction of sp³-hybridized carbons (Fsp3) is 0.0667. The second kappa shape index (κ2) is 6.70. The minimum atomic E-state index is -0.672. The summed E-state index contributed by atoms with van der Waals surface area (Å²) in [5, 5.41) is 0. The van der Waals surface area contributed by atoms with Gasteiger partial charge < -0.3 is 10.3 Å². The first kappa shape index (κ1) is 14.1. The molecule has 2 aromatic rings. The molecular formula is C15H12N2O2S. The lowest BCUT2D eigenvalue weighted by molar-refractivity contribution is -0.137. The maximum absolute atomic E-state index is 11.5. The van der Waals surface area contributed by atoms with Crippen molar-refractivity contribution in [3.05, 3.63) is 65.7 Å². The zero-order chi connectivity index (χ0) is 14.4. The van der Waals surface area contributed by atoms with E-state index in [0.29, 0.717) is 5.56 Å². The molecular weight excluding hydrogens is 272 g/mol. The fourth-order valence-electron chi connectivity index (χ4n) is 1.64. The average molecular weight is 284 g/mol. The van der Waals surface area contributed by atoms with Crippen LogP contribution in [0.15, 0.2) is 64.4 Å². The first-order chi connectivity index (χ1) is 9.74. The van der Waals surface area contributed by atoms with Crippen molar-refractivity contribution in [3.8, 4) is 0 Å². The van der Waals surface area contributed by atoms with Crippen LogP contribution in [0.2, 0.25) is 0 Å². The minimum Gasteiger partial charge on any atom is -0.460 e. The normalized spacial score (nSPS) is 9.65. The van der Waals surface area contributed by atoms with Crippen molar-refractivity contribution in [2.45, 2.75) is 9.79 Å². The second-order valence-electron chi connectivity index (χ2n) is 3.88. The maximum atomic E-state index is 11.5. The predicted molar refractivity (Wildman–Crippen MR) is 76.8 cm³/mol. The molecule has 0 unspecified atom stereocenters. The summed E-state index contributed by atoms with van der Waals surface area (Å²) in [5.74, 6) is -0.672. The number of rotatable bonds is 4. The number of methoxy groups -OCH3 is 1. The highest BCUT2D eigenvalue weighted by Gasteiger charge is 2.23. The molecule has 0 fully saturated rings. The third-order valence-electron chi connectivity index (χ3n) is 2.57. The molecule has 100 valence electrons. The van der Waals surface area contributed by atoms with E-state index in [1.165, 1.54) is 7.11 Å². The van der Waals surface area contributed by atoms with E-state index >= 15 is 0 Å². The molecule has 2 rings (SSSR count). The van der Waals surface area contributed by atoms with Gasteiger partial charge in [-0.05, 0) is 30.3 Å². The Labute approximate surface area is 121 Å². The lowest BCUT2D eigenvalue weighted by Crippen LogP contribution is -2.18. The van der Waals surface area contributed by atoms with Crippen molar-refractivity contribution in [1.29, 1.82) is 0 Å². The summed E-state index contributed by atoms with van der Waals surface area (Å²) in [6, 6.07) is 17.1. The van der Waals surface area contributed by atoms with Crippen LogP contribution in [-0.2, 0) is 9.53 Å². The van der Waals surface area contributed by atoms with Crippen molar-refractivity contribution >= 4 is 23.4 Å². The SMILES string of the molecule is COC(=O)C(=[N+]=[N-])c1cccc(Sc2ccccc2)c1. The molecule has 4 nitrogen and oxygen atoms in total. The topological polar surface area (TPSA) is 62.7 Å². The van der Waals surface area contributed by atoms with E-state index in [2.05, 4.69) is 9.53 Å². The summed E-state index contributed by atoms with van der Waals surface area (Å²) in [7, 11) is 1.25. The molecule has 0 aliphatic heterocycles. The molecule has 0 radical (unpaired) electrons. The summed E-state index contributed by atoms with van der Waals surface area (Å²) < 4.78 is 4.58. The third-order valence-corrected chi connectivity index (χ3v) is 3.56. The molecule has 20 heavy (non-hydrogen) atoms. The van der Waals surface area contributed by atoms with E-state index in [9.17, 15) is 4.79 Å². The van der Waals surface area contributed by atoms with Crippen molar-refractivity contribution in [1.82, 2.24) is 0 Å². The lowest BCUT2D eigenvalue weighted by Gasteiger charge is -2.02. The van der Waals surface area contributed by atoms with Gasteiger partial charge in [0.05, 0.1) is 12.7 Å². The van der Waals surface area contributed by atoms with Gasteiger partial charge >= 0.3 is 11.7 Å². The molecule has 0 heterocycles. The number of carbonyl (C=O) groups is 1. The molecule has 0 aromatic heterocycles. The van der Waals surface area contributed by atoms with Gasteiger partial charge in [0.1, 0.15) is 0 Å². The number of hydrogen-bond donors (Lipinski definition) is 0. The van der Waals surface area contributed by atoms with E-state index in [-0.39, 0.29) is 5.71 Å². The van der Waals surface area contributed by atoms with Crippen molar-refractivity contribution in [2.75, 3.05) is 7.11 Å². The monoisotopic (exact) mass is 284 g/mol. The summed E-state index contributed by atoms with van der Waals surface area (Å²) in [4.78, 5) is 16.5. The van der Waals surface area contributed by atoms with Crippen molar-refractivity contribution < 1.29 is 14.3 Å². The smallest absolute Gasteiger partial charge is 0.422 e. The Morgan fingerprint density at radius 3 is 2.45 bits per heavy atom. The van der Waals surface area contributed by atoms with Gasteiger partial charge in [-0.2, -0.15) is 4.79 Å². The molecule has 0 aliphatic carbocycles. The number of carbonyl (C=O) groups excluding carboxylic acids is 1. The molecule has 0 atom stereocenters. The predicted octanol–water partition coefficient (Wildman–Crippen LogP) is 3.03. The lowest BCUT2D eigenvalue weighted by atomic mass is 10.1. The maximum Gasteiger partial charge on any atom is 0.422 e. The Kier molecular flexibility index (Phi) is 4.71. The van der Waals surface area contributed by atoms with Crippen LogP contribution in [0, 0.1) is 0 Å². The quantitative estimate of drug-likeness (QED) is 0.375. The van der Waals surface area contributed by atoms with Gasteiger partial charge in [0.2, 0.25) is 0 Å². The second-order valence-corrected chi connectivity index (χ2v) is 5.03.